The number of hydrogen-bond donors (Lipinski definition) is 3. The van der Waals surface area contributed by atoms with Crippen LogP contribution in [0.5, 0.6) is 0 Å². The highest BCUT2D eigenvalue weighted by Crippen LogP contribution is 2.37. The molecule has 1 aliphatic carbocycles. The van der Waals surface area contributed by atoms with E-state index in [-0.39, 0.29) is 42.3 Å². The smallest absolute Gasteiger partial charge is 0.407 e. The molecule has 10 nitrogen and oxygen atoms in total. The molecule has 2 fully saturated rings. The molecular formula is C28H39FN4O6S. The summed E-state index contributed by atoms with van der Waals surface area (Å²) in [7, 11) is -0.550. The van der Waals surface area contributed by atoms with Crippen molar-refractivity contribution < 1.29 is 32.2 Å². The van der Waals surface area contributed by atoms with Gasteiger partial charge in [0.15, 0.2) is 0 Å². The highest BCUT2D eigenvalue weighted by atomic mass is 32.2. The van der Waals surface area contributed by atoms with E-state index in [2.05, 4.69) is 5.32 Å². The van der Waals surface area contributed by atoms with E-state index in [0.717, 1.165) is 47.5 Å². The van der Waals surface area contributed by atoms with Crippen molar-refractivity contribution in [3.8, 4) is 0 Å². The van der Waals surface area contributed by atoms with Crippen molar-refractivity contribution in [2.24, 2.45) is 5.92 Å². The van der Waals surface area contributed by atoms with Crippen LogP contribution in [0.15, 0.2) is 53.4 Å². The normalized spacial score (nSPS) is 22.3. The minimum atomic E-state index is -4.15. The number of carbonyl (C=O) groups excluding carboxylic acids is 1. The maximum Gasteiger partial charge on any atom is 0.407 e. The van der Waals surface area contributed by atoms with Gasteiger partial charge in [0.1, 0.15) is 11.9 Å². The summed E-state index contributed by atoms with van der Waals surface area (Å²) in [4.78, 5) is 14.6. The maximum atomic E-state index is 13.8. The molecule has 1 aliphatic heterocycles. The van der Waals surface area contributed by atoms with Gasteiger partial charge in [-0.2, -0.15) is 4.31 Å². The molecule has 2 aromatic rings. The summed E-state index contributed by atoms with van der Waals surface area (Å²) in [5.74, 6) is -0.332. The van der Waals surface area contributed by atoms with Gasteiger partial charge in [-0.1, -0.05) is 30.3 Å². The first kappa shape index (κ1) is 30.2. The number of sulfonamides is 1. The van der Waals surface area contributed by atoms with Crippen LogP contribution in [-0.4, -0.2) is 93.5 Å². The molecule has 1 saturated heterocycles. The SMILES string of the molecule is CN(C)CCN(C[C@@H](O)[C@H](Cc1ccccc1)NC(=O)O[C@@H]1CC2CCO[C@@H]2C1)S(=O)(=O)c1ccc(F)c(N)c1. The zero-order valence-corrected chi connectivity index (χ0v) is 23.7. The number of nitrogen functional groups attached to an aromatic ring is 1. The number of halogens is 1. The van der Waals surface area contributed by atoms with Crippen molar-refractivity contribution >= 4 is 21.8 Å². The van der Waals surface area contributed by atoms with E-state index < -0.39 is 34.1 Å². The minimum Gasteiger partial charge on any atom is -0.446 e. The molecule has 12 heteroatoms. The quantitative estimate of drug-likeness (QED) is 0.327. The second-order valence-corrected chi connectivity index (χ2v) is 12.8. The van der Waals surface area contributed by atoms with E-state index in [1.54, 1.807) is 14.1 Å². The van der Waals surface area contributed by atoms with E-state index in [0.29, 0.717) is 18.9 Å². The maximum absolute atomic E-state index is 13.8. The van der Waals surface area contributed by atoms with Crippen LogP contribution in [-0.2, 0) is 25.9 Å². The average Bonchev–Trinajstić information content (AvgIpc) is 3.50. The van der Waals surface area contributed by atoms with Gasteiger partial charge < -0.3 is 30.5 Å². The number of aliphatic hydroxyl groups is 1. The second-order valence-electron chi connectivity index (χ2n) is 10.8. The lowest BCUT2D eigenvalue weighted by molar-refractivity contribution is 0.0556. The summed E-state index contributed by atoms with van der Waals surface area (Å²) in [5.41, 5.74) is 6.20. The van der Waals surface area contributed by atoms with Crippen molar-refractivity contribution in [2.45, 2.75) is 54.9 Å². The summed E-state index contributed by atoms with van der Waals surface area (Å²) < 4.78 is 53.4. The first-order chi connectivity index (χ1) is 19.0. The van der Waals surface area contributed by atoms with Crippen LogP contribution in [0.25, 0.3) is 0 Å². The van der Waals surface area contributed by atoms with E-state index in [4.69, 9.17) is 15.2 Å². The highest BCUT2D eigenvalue weighted by Gasteiger charge is 2.40. The fourth-order valence-electron chi connectivity index (χ4n) is 5.29. The van der Waals surface area contributed by atoms with E-state index in [9.17, 15) is 22.7 Å². The third-order valence-corrected chi connectivity index (χ3v) is 9.40. The Hall–Kier alpha value is -2.77. The summed E-state index contributed by atoms with van der Waals surface area (Å²) in [6.45, 7) is 0.842. The van der Waals surface area contributed by atoms with Crippen LogP contribution in [0.1, 0.15) is 24.8 Å². The summed E-state index contributed by atoms with van der Waals surface area (Å²) >= 11 is 0. The lowest BCUT2D eigenvalue weighted by Gasteiger charge is -2.30. The number of ether oxygens (including phenoxy) is 2. The standard InChI is InChI=1S/C28H39FN4O6S/c1-32(2)11-12-33(40(36,37)22-8-9-23(29)24(30)17-22)18-26(34)25(14-19-6-4-3-5-7-19)31-28(35)39-21-15-20-10-13-38-27(20)16-21/h3-9,17,20-21,25-27,34H,10-16,18,30H2,1-2H3,(H,31,35)/t20?,21-,25+,26-,27-/m1/s1. The lowest BCUT2D eigenvalue weighted by atomic mass is 10.0. The van der Waals surface area contributed by atoms with E-state index in [1.807, 2.05) is 35.2 Å². The molecule has 0 spiro atoms. The second kappa shape index (κ2) is 13.3. The Balaban J connectivity index is 1.51. The van der Waals surface area contributed by atoms with E-state index >= 15 is 0 Å². The molecule has 1 saturated carbocycles. The number of nitrogens with one attached hydrogen (secondary N) is 1. The van der Waals surface area contributed by atoms with Gasteiger partial charge in [0.05, 0.1) is 28.8 Å². The Kier molecular flexibility index (Phi) is 10.0. The number of anilines is 1. The molecule has 1 unspecified atom stereocenters. The van der Waals surface area contributed by atoms with Crippen LogP contribution in [0.3, 0.4) is 0 Å². The predicted molar refractivity (Wildman–Crippen MR) is 149 cm³/mol. The average molecular weight is 579 g/mol. The van der Waals surface area contributed by atoms with Crippen molar-refractivity contribution in [3.05, 3.63) is 59.9 Å². The van der Waals surface area contributed by atoms with Gasteiger partial charge in [-0.05, 0) is 63.0 Å². The van der Waals surface area contributed by atoms with Gasteiger partial charge in [0.25, 0.3) is 0 Å². The number of benzene rings is 2. The predicted octanol–water partition coefficient (Wildman–Crippen LogP) is 2.23. The van der Waals surface area contributed by atoms with Crippen LogP contribution in [0, 0.1) is 11.7 Å². The number of likely N-dealkylation sites (N-methyl/N-ethyl adjacent to an activating group) is 1. The number of nitrogens with zero attached hydrogens (tertiary/aromatic N) is 2. The Morgan fingerprint density at radius 2 is 1.95 bits per heavy atom. The monoisotopic (exact) mass is 578 g/mol. The Morgan fingerprint density at radius 1 is 1.20 bits per heavy atom. The molecule has 40 heavy (non-hydrogen) atoms. The number of nitrogens with two attached hydrogens (primary N) is 1. The van der Waals surface area contributed by atoms with Crippen molar-refractivity contribution in [1.29, 1.82) is 0 Å². The number of aliphatic hydroxyl groups excluding tert-OH is 1. The molecule has 0 aromatic heterocycles. The molecule has 0 radical (unpaired) electrons. The van der Waals surface area contributed by atoms with E-state index in [1.165, 1.54) is 0 Å². The lowest BCUT2D eigenvalue weighted by Crippen LogP contribution is -2.51. The molecule has 220 valence electrons. The molecule has 1 heterocycles. The van der Waals surface area contributed by atoms with Crippen molar-refractivity contribution in [1.82, 2.24) is 14.5 Å². The van der Waals surface area contributed by atoms with Crippen LogP contribution < -0.4 is 11.1 Å². The number of alkyl carbamates (subject to hydrolysis) is 1. The van der Waals surface area contributed by atoms with Crippen molar-refractivity contribution in [2.75, 3.05) is 46.1 Å². The van der Waals surface area contributed by atoms with Crippen LogP contribution >= 0.6 is 0 Å². The van der Waals surface area contributed by atoms with Gasteiger partial charge in [-0.25, -0.2) is 17.6 Å². The summed E-state index contributed by atoms with van der Waals surface area (Å²) in [5, 5.41) is 14.1. The number of fused-ring (bicyclic) bond motifs is 1. The molecular weight excluding hydrogens is 539 g/mol. The van der Waals surface area contributed by atoms with Gasteiger partial charge in [0, 0.05) is 32.7 Å². The Bertz CT molecular complexity index is 1240. The molecule has 2 aromatic carbocycles. The van der Waals surface area contributed by atoms with Gasteiger partial charge in [-0.3, -0.25) is 0 Å². The van der Waals surface area contributed by atoms with Gasteiger partial charge >= 0.3 is 6.09 Å². The third kappa shape index (κ3) is 7.70. The third-order valence-electron chi connectivity index (χ3n) is 7.54. The molecule has 4 rings (SSSR count). The van der Waals surface area contributed by atoms with Crippen LogP contribution in [0.4, 0.5) is 14.9 Å². The number of amides is 1. The van der Waals surface area contributed by atoms with Crippen molar-refractivity contribution in [3.63, 3.8) is 0 Å². The Morgan fingerprint density at radius 3 is 2.62 bits per heavy atom. The number of carbonyl (C=O) groups is 1. The topological polar surface area (TPSA) is 134 Å². The summed E-state index contributed by atoms with van der Waals surface area (Å²) in [6.07, 6.45) is 0.473. The first-order valence-corrected chi connectivity index (χ1v) is 15.0. The molecule has 4 N–H and O–H groups in total. The largest absolute Gasteiger partial charge is 0.446 e. The molecule has 0 bridgehead atoms. The minimum absolute atomic E-state index is 0.0526. The number of rotatable bonds is 12. The first-order valence-electron chi connectivity index (χ1n) is 13.5. The fraction of sp³-hybridized carbons (Fsp3) is 0.536. The molecule has 1 amide bonds. The molecule has 5 atom stereocenters. The van der Waals surface area contributed by atoms with Crippen LogP contribution in [0.2, 0.25) is 0 Å². The van der Waals surface area contributed by atoms with Gasteiger partial charge in [0.2, 0.25) is 10.0 Å². The zero-order chi connectivity index (χ0) is 28.9. The molecule has 2 aliphatic rings. The highest BCUT2D eigenvalue weighted by molar-refractivity contribution is 7.89. The Labute approximate surface area is 235 Å². The fourth-order valence-corrected chi connectivity index (χ4v) is 6.77. The number of hydrogen-bond acceptors (Lipinski definition) is 8. The summed E-state index contributed by atoms with van der Waals surface area (Å²) in [6, 6.07) is 11.7. The zero-order valence-electron chi connectivity index (χ0n) is 22.9. The van der Waals surface area contributed by atoms with Gasteiger partial charge in [-0.15, -0.1) is 0 Å².